The first-order valence-corrected chi connectivity index (χ1v) is 7.88. The number of nitrogens with zero attached hydrogens (tertiary/aromatic N) is 3. The molecule has 0 fully saturated rings. The van der Waals surface area contributed by atoms with Crippen molar-refractivity contribution in [2.24, 2.45) is 0 Å². The fraction of sp³-hybridized carbons (Fsp3) is 0.250. The molecule has 23 heavy (non-hydrogen) atoms. The molecule has 5 nitrogen and oxygen atoms in total. The molecule has 0 amide bonds. The largest absolute Gasteiger partial charge is 0.491 e. The molecule has 0 spiro atoms. The van der Waals surface area contributed by atoms with Gasteiger partial charge < -0.3 is 14.1 Å². The van der Waals surface area contributed by atoms with E-state index in [4.69, 9.17) is 9.15 Å². The van der Waals surface area contributed by atoms with Crippen LogP contribution < -0.4 is 9.64 Å². The molecule has 1 aromatic carbocycles. The molecule has 0 radical (unpaired) electrons. The van der Waals surface area contributed by atoms with Gasteiger partial charge in [0, 0.05) is 37.3 Å². The third kappa shape index (κ3) is 3.68. The summed E-state index contributed by atoms with van der Waals surface area (Å²) >= 11 is 1.58. The molecule has 3 rings (SSSR count). The first-order valence-electron chi connectivity index (χ1n) is 7.06. The number of fused-ring (bicyclic) bond motifs is 1. The van der Waals surface area contributed by atoms with Crippen LogP contribution in [0.15, 0.2) is 28.8 Å². The van der Waals surface area contributed by atoms with Gasteiger partial charge in [0.1, 0.15) is 24.5 Å². The van der Waals surface area contributed by atoms with Crippen molar-refractivity contribution >= 4 is 39.7 Å². The van der Waals surface area contributed by atoms with Crippen molar-refractivity contribution in [3.63, 3.8) is 0 Å². The van der Waals surface area contributed by atoms with Crippen molar-refractivity contribution < 1.29 is 13.5 Å². The molecular formula is C16H16FN3O2S. The monoisotopic (exact) mass is 332 g/mol. The number of hydrogen-bond donors (Lipinski definition) is 0. The van der Waals surface area contributed by atoms with E-state index in [1.165, 1.54) is 0 Å². The minimum atomic E-state index is -0.522. The van der Waals surface area contributed by atoms with Gasteiger partial charge in [-0.25, -0.2) is 14.4 Å². The quantitative estimate of drug-likeness (QED) is 0.686. The molecule has 7 heteroatoms. The molecule has 120 valence electrons. The highest BCUT2D eigenvalue weighted by molar-refractivity contribution is 7.16. The van der Waals surface area contributed by atoms with Gasteiger partial charge in [0.05, 0.1) is 0 Å². The summed E-state index contributed by atoms with van der Waals surface area (Å²) in [5, 5.41) is 0.942. The van der Waals surface area contributed by atoms with E-state index in [-0.39, 0.29) is 6.61 Å². The second kappa shape index (κ2) is 6.78. The van der Waals surface area contributed by atoms with Gasteiger partial charge >= 0.3 is 0 Å². The number of thiazole rings is 1. The van der Waals surface area contributed by atoms with Crippen LogP contribution in [0.3, 0.4) is 0 Å². The maximum Gasteiger partial charge on any atom is 0.220 e. The molecule has 2 aromatic heterocycles. The molecule has 0 saturated heterocycles. The number of alkyl halides is 1. The Labute approximate surface area is 137 Å². The van der Waals surface area contributed by atoms with Crippen molar-refractivity contribution in [2.45, 2.75) is 0 Å². The average molecular weight is 332 g/mol. The molecule has 0 aliphatic carbocycles. The van der Waals surface area contributed by atoms with Gasteiger partial charge in [0.2, 0.25) is 5.89 Å². The van der Waals surface area contributed by atoms with E-state index in [0.717, 1.165) is 15.5 Å². The Morgan fingerprint density at radius 1 is 1.35 bits per heavy atom. The van der Waals surface area contributed by atoms with Crippen LogP contribution in [0.5, 0.6) is 5.75 Å². The summed E-state index contributed by atoms with van der Waals surface area (Å²) in [6.45, 7) is -0.488. The average Bonchev–Trinajstić information content (AvgIpc) is 3.16. The predicted octanol–water partition coefficient (Wildman–Crippen LogP) is 3.87. The van der Waals surface area contributed by atoms with E-state index in [9.17, 15) is 4.39 Å². The van der Waals surface area contributed by atoms with Gasteiger partial charge in [-0.1, -0.05) is 11.3 Å². The fourth-order valence-electron chi connectivity index (χ4n) is 1.95. The number of hydrogen-bond acceptors (Lipinski definition) is 6. The van der Waals surface area contributed by atoms with Crippen molar-refractivity contribution in [3.8, 4) is 5.75 Å². The van der Waals surface area contributed by atoms with Crippen LogP contribution in [0.1, 0.15) is 10.8 Å². The van der Waals surface area contributed by atoms with E-state index in [1.807, 2.05) is 31.3 Å². The molecule has 0 aliphatic rings. The molecule has 2 heterocycles. The molecular weight excluding hydrogens is 316 g/mol. The fourth-order valence-corrected chi connectivity index (χ4v) is 2.69. The van der Waals surface area contributed by atoms with Gasteiger partial charge in [-0.2, -0.15) is 0 Å². The molecule has 3 aromatic rings. The van der Waals surface area contributed by atoms with Crippen LogP contribution in [0.25, 0.3) is 23.3 Å². The topological polar surface area (TPSA) is 51.4 Å². The molecule has 0 aliphatic heterocycles. The minimum Gasteiger partial charge on any atom is -0.491 e. The Morgan fingerprint density at radius 2 is 2.22 bits per heavy atom. The Balaban J connectivity index is 1.78. The Kier molecular flexibility index (Phi) is 4.57. The SMILES string of the molecule is CN([11CH3])c1ncc(C=Cc2nc3ccc(OCCF)cc3o2)s1. The highest BCUT2D eigenvalue weighted by Crippen LogP contribution is 2.25. The number of oxazole rings is 1. The van der Waals surface area contributed by atoms with Gasteiger partial charge in [0.15, 0.2) is 10.7 Å². The molecule has 0 bridgehead atoms. The predicted molar refractivity (Wildman–Crippen MR) is 90.8 cm³/mol. The Bertz CT molecular complexity index is 826. The Hall–Kier alpha value is -2.41. The highest BCUT2D eigenvalue weighted by atomic mass is 32.1. The van der Waals surface area contributed by atoms with E-state index in [0.29, 0.717) is 17.2 Å². The first kappa shape index (κ1) is 15.5. The number of ether oxygens (including phenoxy) is 1. The lowest BCUT2D eigenvalue weighted by Crippen LogP contribution is -2.07. The van der Waals surface area contributed by atoms with Gasteiger partial charge in [-0.3, -0.25) is 0 Å². The summed E-state index contributed by atoms with van der Waals surface area (Å²) in [7, 11) is 3.91. The number of rotatable bonds is 6. The highest BCUT2D eigenvalue weighted by Gasteiger charge is 2.06. The minimum absolute atomic E-state index is 0.0337. The van der Waals surface area contributed by atoms with Crippen molar-refractivity contribution in [1.29, 1.82) is 0 Å². The standard InChI is InChI=1S/C16H16FN3O2S/c1-20(2)16-18-10-12(23-16)4-6-15-19-13-5-3-11(21-8-7-17)9-14(13)22-15/h3-6,9-10H,7-8H2,1-2H3/i1-1. The van der Waals surface area contributed by atoms with E-state index < -0.39 is 6.67 Å². The van der Waals surface area contributed by atoms with E-state index >= 15 is 0 Å². The van der Waals surface area contributed by atoms with Crippen LogP contribution >= 0.6 is 11.3 Å². The van der Waals surface area contributed by atoms with Crippen molar-refractivity contribution in [1.82, 2.24) is 9.97 Å². The van der Waals surface area contributed by atoms with E-state index in [2.05, 4.69) is 9.97 Å². The van der Waals surface area contributed by atoms with Crippen LogP contribution in [-0.4, -0.2) is 37.3 Å². The lowest BCUT2D eigenvalue weighted by atomic mass is 10.3. The second-order valence-electron chi connectivity index (χ2n) is 4.99. The summed E-state index contributed by atoms with van der Waals surface area (Å²) < 4.78 is 23.0. The third-order valence-corrected chi connectivity index (χ3v) is 4.14. The first-order chi connectivity index (χ1) is 11.2. The maximum absolute atomic E-state index is 12.1. The van der Waals surface area contributed by atoms with Crippen LogP contribution in [0.4, 0.5) is 9.52 Å². The second-order valence-corrected chi connectivity index (χ2v) is 6.03. The zero-order chi connectivity index (χ0) is 16.2. The normalized spacial score (nSPS) is 11.4. The maximum atomic E-state index is 12.1. The summed E-state index contributed by atoms with van der Waals surface area (Å²) in [6.07, 6.45) is 5.52. The molecule has 0 N–H and O–H groups in total. The van der Waals surface area contributed by atoms with Crippen LogP contribution in [0, 0.1) is 0 Å². The van der Waals surface area contributed by atoms with Gasteiger partial charge in [-0.15, -0.1) is 0 Å². The molecule has 0 atom stereocenters. The zero-order valence-electron chi connectivity index (χ0n) is 12.8. The third-order valence-electron chi connectivity index (χ3n) is 3.01. The number of benzene rings is 1. The van der Waals surface area contributed by atoms with Crippen molar-refractivity contribution in [2.75, 3.05) is 32.3 Å². The van der Waals surface area contributed by atoms with Gasteiger partial charge in [-0.05, 0) is 18.2 Å². The summed E-state index contributed by atoms with van der Waals surface area (Å²) in [5.41, 5.74) is 1.34. The molecule has 0 saturated carbocycles. The lowest BCUT2D eigenvalue weighted by Gasteiger charge is -2.04. The number of aromatic nitrogens is 2. The zero-order valence-corrected chi connectivity index (χ0v) is 13.6. The van der Waals surface area contributed by atoms with Crippen LogP contribution in [-0.2, 0) is 0 Å². The summed E-state index contributed by atoms with van der Waals surface area (Å²) in [5.74, 6) is 1.07. The van der Waals surface area contributed by atoms with E-state index in [1.54, 1.807) is 35.6 Å². The van der Waals surface area contributed by atoms with Crippen LogP contribution in [0.2, 0.25) is 0 Å². The smallest absolute Gasteiger partial charge is 0.220 e. The van der Waals surface area contributed by atoms with Gasteiger partial charge in [0.25, 0.3) is 0 Å². The number of halogens is 1. The van der Waals surface area contributed by atoms with Crippen molar-refractivity contribution in [3.05, 3.63) is 35.2 Å². The summed E-state index contributed by atoms with van der Waals surface area (Å²) in [4.78, 5) is 11.7. The molecule has 0 unspecified atom stereocenters. The lowest BCUT2D eigenvalue weighted by molar-refractivity contribution is 0.273. The summed E-state index contributed by atoms with van der Waals surface area (Å²) in [6, 6.07) is 5.26. The number of anilines is 1. The Morgan fingerprint density at radius 3 is 2.96 bits per heavy atom.